The minimum Gasteiger partial charge on any atom is -0.394 e. The van der Waals surface area contributed by atoms with Gasteiger partial charge < -0.3 is 14.9 Å². The Hall–Kier alpha value is -1.24. The fourth-order valence-electron chi connectivity index (χ4n) is 1.91. The van der Waals surface area contributed by atoms with Crippen molar-refractivity contribution in [2.75, 3.05) is 6.61 Å². The minimum atomic E-state index is -0.747. The molecule has 2 rings (SSSR count). The third-order valence-electron chi connectivity index (χ3n) is 2.94. The number of hydrogen-bond donors (Lipinski definition) is 2. The highest BCUT2D eigenvalue weighted by Gasteiger charge is 2.34. The average molecular weight is 240 g/mol. The van der Waals surface area contributed by atoms with Crippen LogP contribution in [0.4, 0.5) is 0 Å². The van der Waals surface area contributed by atoms with Gasteiger partial charge in [-0.25, -0.2) is 4.79 Å². The van der Waals surface area contributed by atoms with Crippen LogP contribution < -0.4 is 5.69 Å². The van der Waals surface area contributed by atoms with Crippen LogP contribution in [0.1, 0.15) is 25.3 Å². The molecule has 17 heavy (non-hydrogen) atoms. The van der Waals surface area contributed by atoms with Gasteiger partial charge in [0.25, 0.3) is 0 Å². The van der Waals surface area contributed by atoms with Crippen molar-refractivity contribution in [3.05, 3.63) is 28.4 Å². The predicted octanol–water partition coefficient (Wildman–Crippen LogP) is -0.554. The molecular weight excluding hydrogens is 224 g/mol. The molecule has 1 saturated heterocycles. The molecule has 0 amide bonds. The summed E-state index contributed by atoms with van der Waals surface area (Å²) in [5.41, 5.74) is 0.337. The highest BCUT2D eigenvalue weighted by atomic mass is 16.5. The second kappa shape index (κ2) is 4.95. The number of aliphatic hydroxyl groups excluding tert-OH is 2. The molecule has 1 fully saturated rings. The molecule has 1 aromatic rings. The number of hydrogen-bond acceptors (Lipinski definition) is 5. The maximum atomic E-state index is 11.7. The Morgan fingerprint density at radius 3 is 2.94 bits per heavy atom. The number of ether oxygens (including phenoxy) is 1. The Morgan fingerprint density at radius 2 is 2.41 bits per heavy atom. The van der Waals surface area contributed by atoms with Crippen LogP contribution in [0.15, 0.2) is 17.1 Å². The summed E-state index contributed by atoms with van der Waals surface area (Å²) in [6.45, 7) is 1.66. The van der Waals surface area contributed by atoms with Crippen molar-refractivity contribution in [3.63, 3.8) is 0 Å². The van der Waals surface area contributed by atoms with E-state index in [-0.39, 0.29) is 18.7 Å². The molecule has 0 radical (unpaired) electrons. The second-order valence-electron chi connectivity index (χ2n) is 4.08. The second-order valence-corrected chi connectivity index (χ2v) is 4.08. The van der Waals surface area contributed by atoms with E-state index in [0.29, 0.717) is 6.42 Å². The van der Waals surface area contributed by atoms with Gasteiger partial charge >= 0.3 is 5.69 Å². The van der Waals surface area contributed by atoms with E-state index in [4.69, 9.17) is 9.84 Å². The van der Waals surface area contributed by atoms with Crippen LogP contribution in [0, 0.1) is 0 Å². The summed E-state index contributed by atoms with van der Waals surface area (Å²) in [5.74, 6) is 0. The van der Waals surface area contributed by atoms with Gasteiger partial charge in [0.1, 0.15) is 12.3 Å². The summed E-state index contributed by atoms with van der Waals surface area (Å²) in [7, 11) is 0. The van der Waals surface area contributed by atoms with Crippen molar-refractivity contribution >= 4 is 0 Å². The van der Waals surface area contributed by atoms with E-state index in [2.05, 4.69) is 4.98 Å². The van der Waals surface area contributed by atoms with Gasteiger partial charge in [-0.2, -0.15) is 4.98 Å². The van der Waals surface area contributed by atoms with Gasteiger partial charge in [-0.15, -0.1) is 0 Å². The molecular formula is C11H16N2O4. The van der Waals surface area contributed by atoms with Gasteiger partial charge in [-0.3, -0.25) is 4.57 Å². The molecule has 2 N–H and O–H groups in total. The van der Waals surface area contributed by atoms with Gasteiger partial charge in [0.05, 0.1) is 12.7 Å². The lowest BCUT2D eigenvalue weighted by Crippen LogP contribution is -2.28. The Balaban J connectivity index is 2.22. The SMILES string of the molecule is CCc1ccn([C@@H]2C[C@@H](O)[C@H](CO)O2)c(=O)n1. The van der Waals surface area contributed by atoms with Crippen LogP contribution in [-0.4, -0.2) is 38.6 Å². The summed E-state index contributed by atoms with van der Waals surface area (Å²) in [6, 6.07) is 1.75. The zero-order valence-electron chi connectivity index (χ0n) is 9.61. The molecule has 1 aliphatic rings. The molecule has 6 nitrogen and oxygen atoms in total. The lowest BCUT2D eigenvalue weighted by molar-refractivity contribution is -0.0459. The number of aryl methyl sites for hydroxylation is 1. The molecule has 3 atom stereocenters. The third-order valence-corrected chi connectivity index (χ3v) is 2.94. The summed E-state index contributed by atoms with van der Waals surface area (Å²) < 4.78 is 6.73. The van der Waals surface area contributed by atoms with Crippen LogP contribution in [0.2, 0.25) is 0 Å². The molecule has 1 aromatic heterocycles. The van der Waals surface area contributed by atoms with Crippen molar-refractivity contribution in [2.24, 2.45) is 0 Å². The van der Waals surface area contributed by atoms with Crippen LogP contribution in [0.3, 0.4) is 0 Å². The molecule has 0 saturated carbocycles. The molecule has 0 aliphatic carbocycles. The number of nitrogens with zero attached hydrogens (tertiary/aromatic N) is 2. The molecule has 6 heteroatoms. The molecule has 1 aliphatic heterocycles. The van der Waals surface area contributed by atoms with Gasteiger partial charge in [0, 0.05) is 18.3 Å². The first kappa shape index (κ1) is 12.2. The van der Waals surface area contributed by atoms with E-state index in [0.717, 1.165) is 5.69 Å². The Bertz CT molecular complexity index is 445. The van der Waals surface area contributed by atoms with Crippen LogP contribution >= 0.6 is 0 Å². The zero-order chi connectivity index (χ0) is 12.4. The normalized spacial score (nSPS) is 28.5. The van der Waals surface area contributed by atoms with E-state index < -0.39 is 18.4 Å². The average Bonchev–Trinajstić information content (AvgIpc) is 2.70. The first-order chi connectivity index (χ1) is 8.15. The van der Waals surface area contributed by atoms with Gasteiger partial charge in [0.2, 0.25) is 0 Å². The van der Waals surface area contributed by atoms with E-state index in [9.17, 15) is 9.90 Å². The lowest BCUT2D eigenvalue weighted by atomic mass is 10.2. The van der Waals surface area contributed by atoms with Crippen molar-refractivity contribution in [3.8, 4) is 0 Å². The summed E-state index contributed by atoms with van der Waals surface area (Å²) in [4.78, 5) is 15.6. The molecule has 0 unspecified atom stereocenters. The number of aliphatic hydroxyl groups is 2. The van der Waals surface area contributed by atoms with Gasteiger partial charge in [-0.1, -0.05) is 6.92 Å². The third kappa shape index (κ3) is 2.38. The van der Waals surface area contributed by atoms with Crippen molar-refractivity contribution in [1.29, 1.82) is 0 Å². The monoisotopic (exact) mass is 240 g/mol. The first-order valence-electron chi connectivity index (χ1n) is 5.68. The van der Waals surface area contributed by atoms with Crippen LogP contribution in [0.5, 0.6) is 0 Å². The van der Waals surface area contributed by atoms with E-state index >= 15 is 0 Å². The van der Waals surface area contributed by atoms with E-state index in [1.165, 1.54) is 4.57 Å². The Morgan fingerprint density at radius 1 is 1.65 bits per heavy atom. The highest BCUT2D eigenvalue weighted by Crippen LogP contribution is 2.27. The molecule has 94 valence electrons. The van der Waals surface area contributed by atoms with Crippen molar-refractivity contribution in [2.45, 2.75) is 38.2 Å². The van der Waals surface area contributed by atoms with Gasteiger partial charge in [0.15, 0.2) is 0 Å². The van der Waals surface area contributed by atoms with Crippen molar-refractivity contribution < 1.29 is 14.9 Å². The summed E-state index contributed by atoms with van der Waals surface area (Å²) in [6.07, 6.45) is 0.682. The first-order valence-corrected chi connectivity index (χ1v) is 5.68. The molecule has 0 aromatic carbocycles. The topological polar surface area (TPSA) is 84.6 Å². The quantitative estimate of drug-likeness (QED) is 0.740. The van der Waals surface area contributed by atoms with E-state index in [1.54, 1.807) is 12.3 Å². The van der Waals surface area contributed by atoms with Gasteiger partial charge in [-0.05, 0) is 12.5 Å². The zero-order valence-corrected chi connectivity index (χ0v) is 9.61. The van der Waals surface area contributed by atoms with Crippen molar-refractivity contribution in [1.82, 2.24) is 9.55 Å². The smallest absolute Gasteiger partial charge is 0.349 e. The number of rotatable bonds is 3. The largest absolute Gasteiger partial charge is 0.394 e. The summed E-state index contributed by atoms with van der Waals surface area (Å²) in [5, 5.41) is 18.6. The molecule has 0 spiro atoms. The predicted molar refractivity (Wildman–Crippen MR) is 59.5 cm³/mol. The fourth-order valence-corrected chi connectivity index (χ4v) is 1.91. The minimum absolute atomic E-state index is 0.257. The van der Waals surface area contributed by atoms with Crippen LogP contribution in [0.25, 0.3) is 0 Å². The lowest BCUT2D eigenvalue weighted by Gasteiger charge is -2.14. The maximum absolute atomic E-state index is 11.7. The Labute approximate surface area is 98.5 Å². The summed E-state index contributed by atoms with van der Waals surface area (Å²) >= 11 is 0. The molecule has 2 heterocycles. The van der Waals surface area contributed by atoms with Crippen LogP contribution in [-0.2, 0) is 11.2 Å². The van der Waals surface area contributed by atoms with E-state index in [1.807, 2.05) is 6.92 Å². The highest BCUT2D eigenvalue weighted by molar-refractivity contribution is 4.99. The Kier molecular flexibility index (Phi) is 3.56. The fraction of sp³-hybridized carbons (Fsp3) is 0.636. The number of aromatic nitrogens is 2. The molecule has 0 bridgehead atoms. The standard InChI is InChI=1S/C11H16N2O4/c1-2-7-3-4-13(11(16)12-7)10-5-8(15)9(6-14)17-10/h3-4,8-10,14-15H,2,5-6H2,1H3/t8-,9+,10+/m1/s1. The maximum Gasteiger partial charge on any atom is 0.349 e.